The molecule has 0 aromatic rings. The van der Waals surface area contributed by atoms with E-state index in [9.17, 15) is 9.90 Å². The zero-order chi connectivity index (χ0) is 10.3. The third-order valence-corrected chi connectivity index (χ3v) is 3.99. The first kappa shape index (κ1) is 9.91. The molecule has 0 aliphatic heterocycles. The van der Waals surface area contributed by atoms with E-state index in [4.69, 9.17) is 0 Å². The molecule has 3 atom stereocenters. The Morgan fingerprint density at radius 1 is 1.57 bits per heavy atom. The first-order chi connectivity index (χ1) is 6.53. The van der Waals surface area contributed by atoms with E-state index in [0.717, 1.165) is 19.3 Å². The van der Waals surface area contributed by atoms with Crippen LogP contribution in [0.4, 0.5) is 0 Å². The van der Waals surface area contributed by atoms with Crippen LogP contribution in [-0.4, -0.2) is 17.0 Å². The molecule has 0 heterocycles. The zero-order valence-corrected chi connectivity index (χ0v) is 8.75. The van der Waals surface area contributed by atoms with Crippen LogP contribution in [-0.2, 0) is 4.79 Å². The molecule has 0 saturated heterocycles. The maximum absolute atomic E-state index is 11.5. The van der Waals surface area contributed by atoms with E-state index in [0.29, 0.717) is 18.8 Å². The van der Waals surface area contributed by atoms with Crippen molar-refractivity contribution in [3.63, 3.8) is 0 Å². The summed E-state index contributed by atoms with van der Waals surface area (Å²) in [6.45, 7) is 6.25. The van der Waals surface area contributed by atoms with E-state index in [-0.39, 0.29) is 11.2 Å². The molecule has 2 heteroatoms. The summed E-state index contributed by atoms with van der Waals surface area (Å²) < 4.78 is 0. The summed E-state index contributed by atoms with van der Waals surface area (Å²) in [7, 11) is 0. The molecule has 0 aromatic carbocycles. The molecule has 0 aromatic heterocycles. The van der Waals surface area contributed by atoms with Crippen molar-refractivity contribution < 1.29 is 9.90 Å². The average molecular weight is 194 g/mol. The first-order valence-corrected chi connectivity index (χ1v) is 5.41. The van der Waals surface area contributed by atoms with Gasteiger partial charge in [0.05, 0.1) is 0 Å². The zero-order valence-electron chi connectivity index (χ0n) is 8.75. The number of Topliss-reactive ketones (excluding diaryl/α,β-unsaturated/α-hetero) is 1. The molecule has 2 fully saturated rings. The van der Waals surface area contributed by atoms with E-state index in [1.807, 2.05) is 0 Å². The molecule has 1 N–H and O–H groups in total. The molecule has 2 nitrogen and oxygen atoms in total. The van der Waals surface area contributed by atoms with Crippen LogP contribution >= 0.6 is 0 Å². The Bertz CT molecular complexity index is 282. The summed E-state index contributed by atoms with van der Waals surface area (Å²) >= 11 is 0. The van der Waals surface area contributed by atoms with Crippen molar-refractivity contribution in [3.8, 4) is 0 Å². The second-order valence-corrected chi connectivity index (χ2v) is 5.11. The van der Waals surface area contributed by atoms with Crippen LogP contribution in [0.5, 0.6) is 0 Å². The van der Waals surface area contributed by atoms with E-state index in [2.05, 4.69) is 13.5 Å². The maximum Gasteiger partial charge on any atom is 0.161 e. The minimum absolute atomic E-state index is 0.0263. The van der Waals surface area contributed by atoms with Crippen LogP contribution in [0.2, 0.25) is 0 Å². The Balaban J connectivity index is 2.25. The number of aliphatic hydroxyl groups excluding tert-OH is 1. The van der Waals surface area contributed by atoms with Gasteiger partial charge in [0, 0.05) is 6.42 Å². The molecular formula is C12H18O2. The minimum atomic E-state index is -0.733. The quantitative estimate of drug-likeness (QED) is 0.599. The average Bonchev–Trinajstić information content (AvgIpc) is 2.09. The van der Waals surface area contributed by atoms with E-state index >= 15 is 0 Å². The van der Waals surface area contributed by atoms with Gasteiger partial charge in [-0.05, 0) is 37.0 Å². The van der Waals surface area contributed by atoms with Gasteiger partial charge >= 0.3 is 0 Å². The normalized spacial score (nSPS) is 43.6. The Kier molecular flexibility index (Phi) is 2.26. The predicted molar refractivity (Wildman–Crippen MR) is 54.8 cm³/mol. The van der Waals surface area contributed by atoms with Gasteiger partial charge < -0.3 is 5.11 Å². The van der Waals surface area contributed by atoms with Gasteiger partial charge in [-0.1, -0.05) is 19.1 Å². The lowest BCUT2D eigenvalue weighted by atomic mass is 9.58. The number of aliphatic hydroxyl groups is 1. The highest BCUT2D eigenvalue weighted by molar-refractivity contribution is 5.84. The fourth-order valence-corrected chi connectivity index (χ4v) is 3.09. The second kappa shape index (κ2) is 3.20. The number of ketones is 1. The molecule has 0 amide bonds. The van der Waals surface area contributed by atoms with E-state index < -0.39 is 6.10 Å². The molecule has 14 heavy (non-hydrogen) atoms. The maximum atomic E-state index is 11.5. The summed E-state index contributed by atoms with van der Waals surface area (Å²) in [4.78, 5) is 11.5. The van der Waals surface area contributed by atoms with Crippen LogP contribution in [0.1, 0.15) is 39.0 Å². The first-order valence-electron chi connectivity index (χ1n) is 5.41. The fourth-order valence-electron chi connectivity index (χ4n) is 3.09. The van der Waals surface area contributed by atoms with E-state index in [1.165, 1.54) is 5.57 Å². The van der Waals surface area contributed by atoms with Gasteiger partial charge in [-0.15, -0.1) is 0 Å². The van der Waals surface area contributed by atoms with Crippen molar-refractivity contribution in [2.24, 2.45) is 11.3 Å². The van der Waals surface area contributed by atoms with Crippen LogP contribution in [0.25, 0.3) is 0 Å². The molecular weight excluding hydrogens is 176 g/mol. The van der Waals surface area contributed by atoms with Crippen LogP contribution in [0, 0.1) is 11.3 Å². The summed E-state index contributed by atoms with van der Waals surface area (Å²) in [5.74, 6) is 0.391. The van der Waals surface area contributed by atoms with Gasteiger partial charge in [-0.25, -0.2) is 0 Å². The standard InChI is InChI=1S/C12H18O2/c1-8-4-3-5-12(2)7-11(14)10(13)6-9(8)12/h9-10,13H,1,3-7H2,2H3. The van der Waals surface area contributed by atoms with Gasteiger partial charge in [0.1, 0.15) is 6.10 Å². The van der Waals surface area contributed by atoms with Crippen molar-refractivity contribution in [3.05, 3.63) is 12.2 Å². The molecule has 0 spiro atoms. The van der Waals surface area contributed by atoms with Crippen LogP contribution < -0.4 is 0 Å². The van der Waals surface area contributed by atoms with Gasteiger partial charge in [0.2, 0.25) is 0 Å². The summed E-state index contributed by atoms with van der Waals surface area (Å²) in [6.07, 6.45) is 3.74. The number of allylic oxidation sites excluding steroid dienone is 1. The molecule has 2 aliphatic rings. The number of hydrogen-bond acceptors (Lipinski definition) is 2. The molecule has 78 valence electrons. The molecule has 0 bridgehead atoms. The molecule has 2 rings (SSSR count). The van der Waals surface area contributed by atoms with Gasteiger partial charge in [-0.2, -0.15) is 0 Å². The Labute approximate surface area is 85.0 Å². The molecule has 2 saturated carbocycles. The van der Waals surface area contributed by atoms with Gasteiger partial charge in [-0.3, -0.25) is 4.79 Å². The topological polar surface area (TPSA) is 37.3 Å². The molecule has 0 radical (unpaired) electrons. The SMILES string of the molecule is C=C1CCCC2(C)CC(=O)C(O)CC12. The smallest absolute Gasteiger partial charge is 0.161 e. The third kappa shape index (κ3) is 1.42. The summed E-state index contributed by atoms with van der Waals surface area (Å²) in [5.41, 5.74) is 1.33. The Hall–Kier alpha value is -0.630. The lowest BCUT2D eigenvalue weighted by Gasteiger charge is -2.46. The number of fused-ring (bicyclic) bond motifs is 1. The number of hydrogen-bond donors (Lipinski definition) is 1. The Morgan fingerprint density at radius 2 is 2.29 bits per heavy atom. The van der Waals surface area contributed by atoms with Crippen molar-refractivity contribution in [1.82, 2.24) is 0 Å². The lowest BCUT2D eigenvalue weighted by molar-refractivity contribution is -0.136. The van der Waals surface area contributed by atoms with Gasteiger partial charge in [0.25, 0.3) is 0 Å². The number of rotatable bonds is 0. The highest BCUT2D eigenvalue weighted by Crippen LogP contribution is 2.50. The monoisotopic (exact) mass is 194 g/mol. The van der Waals surface area contributed by atoms with Crippen molar-refractivity contribution in [1.29, 1.82) is 0 Å². The summed E-state index contributed by atoms with van der Waals surface area (Å²) in [6, 6.07) is 0. The predicted octanol–water partition coefficient (Wildman–Crippen LogP) is 2.07. The molecule has 2 aliphatic carbocycles. The lowest BCUT2D eigenvalue weighted by Crippen LogP contribution is -2.44. The van der Waals surface area contributed by atoms with Crippen molar-refractivity contribution in [2.45, 2.75) is 45.1 Å². The van der Waals surface area contributed by atoms with Crippen molar-refractivity contribution in [2.75, 3.05) is 0 Å². The van der Waals surface area contributed by atoms with Crippen LogP contribution in [0.3, 0.4) is 0 Å². The largest absolute Gasteiger partial charge is 0.385 e. The number of carbonyl (C=O) groups is 1. The minimum Gasteiger partial charge on any atom is -0.385 e. The fraction of sp³-hybridized carbons (Fsp3) is 0.750. The second-order valence-electron chi connectivity index (χ2n) is 5.11. The van der Waals surface area contributed by atoms with E-state index in [1.54, 1.807) is 0 Å². The van der Waals surface area contributed by atoms with Crippen molar-refractivity contribution >= 4 is 5.78 Å². The highest BCUT2D eigenvalue weighted by atomic mass is 16.3. The highest BCUT2D eigenvalue weighted by Gasteiger charge is 2.45. The van der Waals surface area contributed by atoms with Gasteiger partial charge in [0.15, 0.2) is 5.78 Å². The Morgan fingerprint density at radius 3 is 3.00 bits per heavy atom. The summed E-state index contributed by atoms with van der Waals surface area (Å²) in [5, 5.41) is 9.56. The molecule has 3 unspecified atom stereocenters. The van der Waals surface area contributed by atoms with Crippen LogP contribution in [0.15, 0.2) is 12.2 Å². The third-order valence-electron chi connectivity index (χ3n) is 3.99. The number of carbonyl (C=O) groups excluding carboxylic acids is 1.